The van der Waals surface area contributed by atoms with Crippen LogP contribution in [-0.2, 0) is 11.2 Å². The van der Waals surface area contributed by atoms with Gasteiger partial charge in [0.1, 0.15) is 0 Å². The number of thiophene rings is 1. The van der Waals surface area contributed by atoms with Crippen molar-refractivity contribution in [1.82, 2.24) is 14.8 Å². The maximum absolute atomic E-state index is 13.4. The van der Waals surface area contributed by atoms with Gasteiger partial charge in [-0.2, -0.15) is 0 Å². The van der Waals surface area contributed by atoms with Gasteiger partial charge in [0.2, 0.25) is 5.91 Å². The third kappa shape index (κ3) is 5.07. The number of hydrogen-bond acceptors (Lipinski definition) is 4. The number of carbonyl (C=O) groups excluding carboxylic acids is 2. The number of amides is 2. The monoisotopic (exact) mass is 447 g/mol. The molecule has 2 aromatic heterocycles. The van der Waals surface area contributed by atoms with Gasteiger partial charge < -0.3 is 9.80 Å². The molecular weight excluding hydrogens is 418 g/mol. The van der Waals surface area contributed by atoms with Gasteiger partial charge in [-0.05, 0) is 54.7 Å². The van der Waals surface area contributed by atoms with Crippen LogP contribution in [0.25, 0.3) is 11.1 Å². The zero-order valence-electron chi connectivity index (χ0n) is 18.7. The Morgan fingerprint density at radius 1 is 1.12 bits per heavy atom. The fourth-order valence-corrected chi connectivity index (χ4v) is 5.00. The van der Waals surface area contributed by atoms with Crippen LogP contribution >= 0.6 is 11.3 Å². The summed E-state index contributed by atoms with van der Waals surface area (Å²) in [5, 5.41) is 1.92. The van der Waals surface area contributed by atoms with E-state index in [2.05, 4.69) is 30.1 Å². The van der Waals surface area contributed by atoms with Gasteiger partial charge in [0, 0.05) is 48.8 Å². The van der Waals surface area contributed by atoms with E-state index in [0.717, 1.165) is 40.1 Å². The Morgan fingerprint density at radius 3 is 2.66 bits per heavy atom. The Labute approximate surface area is 193 Å². The van der Waals surface area contributed by atoms with Crippen molar-refractivity contribution >= 4 is 23.2 Å². The molecule has 5 nitrogen and oxygen atoms in total. The van der Waals surface area contributed by atoms with E-state index in [1.165, 1.54) is 0 Å². The van der Waals surface area contributed by atoms with Gasteiger partial charge in [-0.1, -0.05) is 31.2 Å². The van der Waals surface area contributed by atoms with Gasteiger partial charge in [-0.15, -0.1) is 11.3 Å². The second-order valence-corrected chi connectivity index (χ2v) is 9.48. The number of hydrogen-bond donors (Lipinski definition) is 0. The molecule has 0 radical (unpaired) electrons. The second-order valence-electron chi connectivity index (χ2n) is 8.36. The SMILES string of the molecule is CCCN1CCN(C(=O)c2csc(C)c2)C[C@H](Cc2cccc(-c3ccncc3)c2)C1=O. The zero-order valence-corrected chi connectivity index (χ0v) is 19.5. The quantitative estimate of drug-likeness (QED) is 0.552. The number of aromatic nitrogens is 1. The van der Waals surface area contributed by atoms with Crippen molar-refractivity contribution in [2.24, 2.45) is 5.92 Å². The summed E-state index contributed by atoms with van der Waals surface area (Å²) in [4.78, 5) is 35.6. The minimum Gasteiger partial charge on any atom is -0.341 e. The zero-order chi connectivity index (χ0) is 22.5. The topological polar surface area (TPSA) is 53.5 Å². The standard InChI is InChI=1S/C26H29N3O2S/c1-3-11-28-12-13-29(26(31)24-14-19(2)32-18-24)17-23(25(28)30)16-20-5-4-6-22(15-20)21-7-9-27-10-8-21/h4-10,14-15,18,23H,3,11-13,16-17H2,1-2H3/t23-/m0/s1. The van der Waals surface area contributed by atoms with Gasteiger partial charge in [0.05, 0.1) is 11.5 Å². The number of benzene rings is 1. The van der Waals surface area contributed by atoms with Gasteiger partial charge in [0.25, 0.3) is 5.91 Å². The molecule has 0 saturated carbocycles. The summed E-state index contributed by atoms with van der Waals surface area (Å²) in [6, 6.07) is 14.2. The lowest BCUT2D eigenvalue weighted by Gasteiger charge is -2.24. The third-order valence-electron chi connectivity index (χ3n) is 5.92. The van der Waals surface area contributed by atoms with Gasteiger partial charge >= 0.3 is 0 Å². The first-order valence-electron chi connectivity index (χ1n) is 11.2. The highest BCUT2D eigenvalue weighted by Crippen LogP contribution is 2.24. The highest BCUT2D eigenvalue weighted by molar-refractivity contribution is 7.10. The molecule has 1 saturated heterocycles. The molecule has 1 aromatic carbocycles. The summed E-state index contributed by atoms with van der Waals surface area (Å²) < 4.78 is 0. The van der Waals surface area contributed by atoms with E-state index in [1.807, 2.05) is 46.4 Å². The molecule has 1 fully saturated rings. The number of pyridine rings is 1. The smallest absolute Gasteiger partial charge is 0.254 e. The van der Waals surface area contributed by atoms with Crippen molar-refractivity contribution < 1.29 is 9.59 Å². The molecule has 3 aromatic rings. The minimum absolute atomic E-state index is 0.0241. The number of rotatable bonds is 6. The van der Waals surface area contributed by atoms with Crippen molar-refractivity contribution in [3.05, 3.63) is 76.2 Å². The predicted molar refractivity (Wildman–Crippen MR) is 129 cm³/mol. The van der Waals surface area contributed by atoms with E-state index in [-0.39, 0.29) is 17.7 Å². The Bertz CT molecular complexity index is 1080. The summed E-state index contributed by atoms with van der Waals surface area (Å²) in [7, 11) is 0. The van der Waals surface area contributed by atoms with Crippen LogP contribution in [-0.4, -0.2) is 52.8 Å². The van der Waals surface area contributed by atoms with Crippen LogP contribution in [0.5, 0.6) is 0 Å². The molecule has 1 aliphatic heterocycles. The molecule has 3 heterocycles. The first-order valence-corrected chi connectivity index (χ1v) is 12.1. The molecule has 1 atom stereocenters. The van der Waals surface area contributed by atoms with Crippen LogP contribution < -0.4 is 0 Å². The average molecular weight is 448 g/mol. The van der Waals surface area contributed by atoms with E-state index >= 15 is 0 Å². The van der Waals surface area contributed by atoms with E-state index in [0.29, 0.717) is 26.1 Å². The first kappa shape index (κ1) is 22.2. The molecule has 0 N–H and O–H groups in total. The van der Waals surface area contributed by atoms with Crippen LogP contribution in [0.2, 0.25) is 0 Å². The lowest BCUT2D eigenvalue weighted by molar-refractivity contribution is -0.134. The van der Waals surface area contributed by atoms with Crippen molar-refractivity contribution in [3.63, 3.8) is 0 Å². The van der Waals surface area contributed by atoms with E-state index in [9.17, 15) is 9.59 Å². The number of aryl methyl sites for hydroxylation is 1. The Hall–Kier alpha value is -2.99. The summed E-state index contributed by atoms with van der Waals surface area (Å²) in [6.07, 6.45) is 5.10. The van der Waals surface area contributed by atoms with Crippen LogP contribution in [0.1, 0.15) is 34.1 Å². The summed E-state index contributed by atoms with van der Waals surface area (Å²) in [6.45, 7) is 6.44. The van der Waals surface area contributed by atoms with E-state index < -0.39 is 0 Å². The summed E-state index contributed by atoms with van der Waals surface area (Å²) in [5.74, 6) is -0.0746. The van der Waals surface area contributed by atoms with Crippen LogP contribution in [0, 0.1) is 12.8 Å². The normalized spacial score (nSPS) is 16.8. The van der Waals surface area contributed by atoms with Gasteiger partial charge in [0.15, 0.2) is 0 Å². The predicted octanol–water partition coefficient (Wildman–Crippen LogP) is 4.67. The van der Waals surface area contributed by atoms with Crippen LogP contribution in [0.3, 0.4) is 0 Å². The van der Waals surface area contributed by atoms with E-state index in [1.54, 1.807) is 23.7 Å². The second kappa shape index (κ2) is 10.1. The Morgan fingerprint density at radius 2 is 1.94 bits per heavy atom. The Balaban J connectivity index is 1.58. The molecule has 0 bridgehead atoms. The lowest BCUT2D eigenvalue weighted by atomic mass is 9.95. The molecule has 6 heteroatoms. The van der Waals surface area contributed by atoms with Crippen molar-refractivity contribution in [2.75, 3.05) is 26.2 Å². The van der Waals surface area contributed by atoms with Crippen LogP contribution in [0.15, 0.2) is 60.2 Å². The van der Waals surface area contributed by atoms with Crippen molar-refractivity contribution in [3.8, 4) is 11.1 Å². The number of nitrogens with zero attached hydrogens (tertiary/aromatic N) is 3. The first-order chi connectivity index (χ1) is 15.5. The maximum atomic E-state index is 13.4. The van der Waals surface area contributed by atoms with Crippen molar-refractivity contribution in [1.29, 1.82) is 0 Å². The molecule has 0 unspecified atom stereocenters. The molecule has 4 rings (SSSR count). The number of carbonyl (C=O) groups is 2. The summed E-state index contributed by atoms with van der Waals surface area (Å²) in [5.41, 5.74) is 4.04. The largest absolute Gasteiger partial charge is 0.341 e. The summed E-state index contributed by atoms with van der Waals surface area (Å²) >= 11 is 1.58. The molecule has 166 valence electrons. The minimum atomic E-state index is -0.250. The molecule has 2 amide bonds. The maximum Gasteiger partial charge on any atom is 0.254 e. The molecule has 32 heavy (non-hydrogen) atoms. The average Bonchev–Trinajstić information content (AvgIpc) is 3.20. The fraction of sp³-hybridized carbons (Fsp3) is 0.346. The highest BCUT2D eigenvalue weighted by Gasteiger charge is 2.32. The molecule has 1 aliphatic rings. The third-order valence-corrected chi connectivity index (χ3v) is 6.78. The molecular formula is C26H29N3O2S. The highest BCUT2D eigenvalue weighted by atomic mass is 32.1. The van der Waals surface area contributed by atoms with Gasteiger partial charge in [-0.25, -0.2) is 0 Å². The van der Waals surface area contributed by atoms with Gasteiger partial charge in [-0.3, -0.25) is 14.6 Å². The molecule has 0 aliphatic carbocycles. The fourth-order valence-electron chi connectivity index (χ4n) is 4.32. The molecule has 0 spiro atoms. The van der Waals surface area contributed by atoms with E-state index in [4.69, 9.17) is 0 Å². The lowest BCUT2D eigenvalue weighted by Crippen LogP contribution is -2.38. The Kier molecular flexibility index (Phi) is 7.00. The van der Waals surface area contributed by atoms with Crippen molar-refractivity contribution in [2.45, 2.75) is 26.7 Å². The van der Waals surface area contributed by atoms with Crippen LogP contribution in [0.4, 0.5) is 0 Å².